The summed E-state index contributed by atoms with van der Waals surface area (Å²) < 4.78 is 5.03. The minimum absolute atomic E-state index is 0.136. The lowest BCUT2D eigenvalue weighted by molar-refractivity contribution is -0.139. The Morgan fingerprint density at radius 3 is 2.42 bits per heavy atom. The summed E-state index contributed by atoms with van der Waals surface area (Å²) in [7, 11) is 1.38. The number of carbonyl (C=O) groups excluding carboxylic acids is 1. The number of nitrogens with one attached hydrogen (secondary N) is 1. The highest BCUT2D eigenvalue weighted by Gasteiger charge is 2.21. The topological polar surface area (TPSA) is 75.6 Å². The zero-order valence-electron chi connectivity index (χ0n) is 10.4. The molecule has 0 saturated heterocycles. The molecule has 1 amide bonds. The summed E-state index contributed by atoms with van der Waals surface area (Å²) in [6, 6.07) is 1.78. The Hall–Kier alpha value is -1.46. The third-order valence-electron chi connectivity index (χ3n) is 2.50. The molecule has 0 aliphatic heterocycles. The first kappa shape index (κ1) is 15.6. The second-order valence-corrected chi connectivity index (χ2v) is 4.55. The Bertz CT molecular complexity index is 505. The van der Waals surface area contributed by atoms with Crippen molar-refractivity contribution in [3.8, 4) is 5.75 Å². The largest absolute Gasteiger partial charge is 0.496 e. The highest BCUT2D eigenvalue weighted by atomic mass is 35.5. The first-order chi connectivity index (χ1) is 8.90. The molecule has 0 aliphatic rings. The fourth-order valence-electron chi connectivity index (χ4n) is 1.45. The standard InChI is InChI=1S/C12H13Cl2NO4/c1-3-9(12(17)18)15-11(16)6-4-7(13)8(14)5-10(6)19-2/h4-5,9H,3H2,1-2H3,(H,15,16)(H,17,18). The van der Waals surface area contributed by atoms with Crippen LogP contribution in [0.2, 0.25) is 10.0 Å². The van der Waals surface area contributed by atoms with Gasteiger partial charge < -0.3 is 15.2 Å². The van der Waals surface area contributed by atoms with Gasteiger partial charge in [-0.25, -0.2) is 4.79 Å². The van der Waals surface area contributed by atoms with Gasteiger partial charge in [-0.1, -0.05) is 30.1 Å². The van der Waals surface area contributed by atoms with Gasteiger partial charge in [-0.05, 0) is 12.5 Å². The summed E-state index contributed by atoms with van der Waals surface area (Å²) in [5, 5.41) is 11.7. The van der Waals surface area contributed by atoms with Gasteiger partial charge in [0.15, 0.2) is 0 Å². The van der Waals surface area contributed by atoms with Gasteiger partial charge in [0.1, 0.15) is 11.8 Å². The molecule has 0 aliphatic carbocycles. The first-order valence-corrected chi connectivity index (χ1v) is 6.23. The van der Waals surface area contributed by atoms with Gasteiger partial charge in [0.2, 0.25) is 0 Å². The van der Waals surface area contributed by atoms with Crippen LogP contribution in [0.15, 0.2) is 12.1 Å². The Morgan fingerprint density at radius 1 is 1.37 bits per heavy atom. The van der Waals surface area contributed by atoms with Crippen molar-refractivity contribution in [2.24, 2.45) is 0 Å². The summed E-state index contributed by atoms with van der Waals surface area (Å²) in [6.07, 6.45) is 0.269. The van der Waals surface area contributed by atoms with Crippen LogP contribution >= 0.6 is 23.2 Å². The zero-order valence-corrected chi connectivity index (χ0v) is 11.9. The van der Waals surface area contributed by atoms with Crippen LogP contribution in [0.25, 0.3) is 0 Å². The van der Waals surface area contributed by atoms with Crippen LogP contribution in [0.4, 0.5) is 0 Å². The number of hydrogen-bond acceptors (Lipinski definition) is 3. The van der Waals surface area contributed by atoms with E-state index in [0.717, 1.165) is 0 Å². The van der Waals surface area contributed by atoms with Crippen LogP contribution in [-0.2, 0) is 4.79 Å². The Kier molecular flexibility index (Phi) is 5.44. The maximum atomic E-state index is 12.0. The van der Waals surface area contributed by atoms with Crippen molar-refractivity contribution in [2.75, 3.05) is 7.11 Å². The van der Waals surface area contributed by atoms with Crippen LogP contribution in [0.1, 0.15) is 23.7 Å². The number of halogens is 2. The minimum atomic E-state index is -1.10. The maximum Gasteiger partial charge on any atom is 0.326 e. The number of ether oxygens (including phenoxy) is 1. The second kappa shape index (κ2) is 6.63. The average molecular weight is 306 g/mol. The van der Waals surface area contributed by atoms with Crippen LogP contribution < -0.4 is 10.1 Å². The van der Waals surface area contributed by atoms with Crippen molar-refractivity contribution in [3.63, 3.8) is 0 Å². The zero-order chi connectivity index (χ0) is 14.6. The van der Waals surface area contributed by atoms with Crippen molar-refractivity contribution < 1.29 is 19.4 Å². The molecule has 0 radical (unpaired) electrons. The molecule has 104 valence electrons. The predicted octanol–water partition coefficient (Wildman–Crippen LogP) is 2.59. The lowest BCUT2D eigenvalue weighted by Gasteiger charge is -2.14. The number of aliphatic carboxylic acids is 1. The molecule has 7 heteroatoms. The van der Waals surface area contributed by atoms with Gasteiger partial charge in [-0.3, -0.25) is 4.79 Å². The van der Waals surface area contributed by atoms with Crippen molar-refractivity contribution in [2.45, 2.75) is 19.4 Å². The Morgan fingerprint density at radius 2 is 1.95 bits per heavy atom. The fraction of sp³-hybridized carbons (Fsp3) is 0.333. The molecule has 0 fully saturated rings. The summed E-state index contributed by atoms with van der Waals surface area (Å²) in [4.78, 5) is 22.9. The number of rotatable bonds is 5. The second-order valence-electron chi connectivity index (χ2n) is 3.74. The number of amides is 1. The van der Waals surface area contributed by atoms with Gasteiger partial charge in [-0.2, -0.15) is 0 Å². The normalized spacial score (nSPS) is 11.8. The number of benzene rings is 1. The van der Waals surface area contributed by atoms with Gasteiger partial charge in [-0.15, -0.1) is 0 Å². The molecule has 0 spiro atoms. The lowest BCUT2D eigenvalue weighted by Crippen LogP contribution is -2.40. The van der Waals surface area contributed by atoms with Gasteiger partial charge in [0.05, 0.1) is 22.7 Å². The third kappa shape index (κ3) is 3.75. The number of methoxy groups -OCH3 is 1. The summed E-state index contributed by atoms with van der Waals surface area (Å²) in [5.74, 6) is -1.45. The first-order valence-electron chi connectivity index (χ1n) is 5.47. The van der Waals surface area contributed by atoms with E-state index in [9.17, 15) is 9.59 Å². The summed E-state index contributed by atoms with van der Waals surface area (Å²) in [5.41, 5.74) is 0.136. The molecule has 0 saturated carbocycles. The molecule has 0 heterocycles. The minimum Gasteiger partial charge on any atom is -0.496 e. The molecule has 1 aromatic rings. The van der Waals surface area contributed by atoms with E-state index in [0.29, 0.717) is 0 Å². The SMILES string of the molecule is CCC(NC(=O)c1cc(Cl)c(Cl)cc1OC)C(=O)O. The fourth-order valence-corrected chi connectivity index (χ4v) is 1.77. The Labute approximate surface area is 120 Å². The Balaban J connectivity index is 3.05. The van der Waals surface area contributed by atoms with Gasteiger partial charge >= 0.3 is 5.97 Å². The summed E-state index contributed by atoms with van der Waals surface area (Å²) in [6.45, 7) is 1.66. The maximum absolute atomic E-state index is 12.0. The smallest absolute Gasteiger partial charge is 0.326 e. The molecule has 1 atom stereocenters. The van der Waals surface area contributed by atoms with E-state index in [4.69, 9.17) is 33.0 Å². The van der Waals surface area contributed by atoms with Crippen molar-refractivity contribution in [1.82, 2.24) is 5.32 Å². The quantitative estimate of drug-likeness (QED) is 0.876. The molecular formula is C12H13Cl2NO4. The van der Waals surface area contributed by atoms with E-state index in [-0.39, 0.29) is 27.8 Å². The van der Waals surface area contributed by atoms with Gasteiger partial charge in [0, 0.05) is 6.07 Å². The lowest BCUT2D eigenvalue weighted by atomic mass is 10.1. The molecule has 1 rings (SSSR count). The number of hydrogen-bond donors (Lipinski definition) is 2. The molecule has 19 heavy (non-hydrogen) atoms. The number of carboxylic acids is 1. The third-order valence-corrected chi connectivity index (χ3v) is 3.22. The molecule has 0 aromatic heterocycles. The number of carboxylic acid groups (broad SMARTS) is 1. The van der Waals surface area contributed by atoms with E-state index in [2.05, 4.69) is 5.32 Å². The van der Waals surface area contributed by atoms with Gasteiger partial charge in [0.25, 0.3) is 5.91 Å². The molecule has 1 aromatic carbocycles. The molecular weight excluding hydrogens is 293 g/mol. The van der Waals surface area contributed by atoms with Crippen molar-refractivity contribution in [3.05, 3.63) is 27.7 Å². The molecule has 0 bridgehead atoms. The predicted molar refractivity (Wildman–Crippen MR) is 72.2 cm³/mol. The van der Waals surface area contributed by atoms with Crippen molar-refractivity contribution in [1.29, 1.82) is 0 Å². The highest BCUT2D eigenvalue weighted by Crippen LogP contribution is 2.30. The summed E-state index contributed by atoms with van der Waals surface area (Å²) >= 11 is 11.7. The van der Waals surface area contributed by atoms with Crippen molar-refractivity contribution >= 4 is 35.1 Å². The van der Waals surface area contributed by atoms with Crippen LogP contribution in [-0.4, -0.2) is 30.1 Å². The monoisotopic (exact) mass is 305 g/mol. The molecule has 5 nitrogen and oxygen atoms in total. The van der Waals surface area contributed by atoms with E-state index in [1.165, 1.54) is 19.2 Å². The molecule has 2 N–H and O–H groups in total. The van der Waals surface area contributed by atoms with Crippen LogP contribution in [0.5, 0.6) is 5.75 Å². The van der Waals surface area contributed by atoms with E-state index in [1.54, 1.807) is 6.92 Å². The van der Waals surface area contributed by atoms with E-state index in [1.807, 2.05) is 0 Å². The molecule has 1 unspecified atom stereocenters. The highest BCUT2D eigenvalue weighted by molar-refractivity contribution is 6.42. The van der Waals surface area contributed by atoms with Crippen LogP contribution in [0, 0.1) is 0 Å². The number of carbonyl (C=O) groups is 2. The van der Waals surface area contributed by atoms with Crippen LogP contribution in [0.3, 0.4) is 0 Å². The average Bonchev–Trinajstić information content (AvgIpc) is 2.37. The van der Waals surface area contributed by atoms with E-state index >= 15 is 0 Å². The van der Waals surface area contributed by atoms with E-state index < -0.39 is 17.9 Å².